The average molecular weight is 186 g/mol. The number of rotatable bonds is 1. The molecular formula is C9H14O4. The van der Waals surface area contributed by atoms with Gasteiger partial charge in [-0.15, -0.1) is 0 Å². The Morgan fingerprint density at radius 3 is 2.77 bits per heavy atom. The number of aliphatic hydroxyl groups is 1. The van der Waals surface area contributed by atoms with Crippen LogP contribution in [0.1, 0.15) is 32.1 Å². The summed E-state index contributed by atoms with van der Waals surface area (Å²) in [5, 5.41) is 18.1. The highest BCUT2D eigenvalue weighted by molar-refractivity contribution is 5.83. The van der Waals surface area contributed by atoms with Crippen molar-refractivity contribution in [3.8, 4) is 0 Å². The van der Waals surface area contributed by atoms with E-state index in [0.29, 0.717) is 19.3 Å². The molecule has 1 saturated carbocycles. The summed E-state index contributed by atoms with van der Waals surface area (Å²) in [7, 11) is 0. The summed E-state index contributed by atoms with van der Waals surface area (Å²) in [5.74, 6) is -1.67. The molecule has 0 bridgehead atoms. The predicted molar refractivity (Wildman–Crippen MR) is 45.2 cm³/mol. The number of Topliss-reactive ketones (excluding diaryl/α,β-unsaturated/α-hetero) is 1. The molecule has 0 aromatic heterocycles. The first-order valence-corrected chi connectivity index (χ1v) is 4.52. The number of ketones is 1. The van der Waals surface area contributed by atoms with Gasteiger partial charge in [0.15, 0.2) is 0 Å². The zero-order valence-corrected chi connectivity index (χ0v) is 7.40. The monoisotopic (exact) mass is 186 g/mol. The molecule has 0 aliphatic heterocycles. The van der Waals surface area contributed by atoms with Crippen LogP contribution in [0.15, 0.2) is 0 Å². The third-order valence-electron chi connectivity index (χ3n) is 2.37. The number of carboxylic acids is 1. The standard InChI is InChI=1S/C9H14O4/c10-7-2-1-3-8(11)5-6(4-7)9(12)13/h6-7,10H,1-5H2,(H,12,13). The Hall–Kier alpha value is -0.900. The van der Waals surface area contributed by atoms with E-state index in [2.05, 4.69) is 0 Å². The molecule has 13 heavy (non-hydrogen) atoms. The number of aliphatic hydroxyl groups excluding tert-OH is 1. The Morgan fingerprint density at radius 2 is 2.15 bits per heavy atom. The zero-order valence-electron chi connectivity index (χ0n) is 7.40. The lowest BCUT2D eigenvalue weighted by Crippen LogP contribution is -2.25. The van der Waals surface area contributed by atoms with Crippen LogP contribution in [0.25, 0.3) is 0 Å². The zero-order chi connectivity index (χ0) is 9.84. The van der Waals surface area contributed by atoms with Crippen molar-refractivity contribution in [3.63, 3.8) is 0 Å². The molecule has 0 radical (unpaired) electrons. The number of carboxylic acid groups (broad SMARTS) is 1. The van der Waals surface area contributed by atoms with Crippen molar-refractivity contribution in [3.05, 3.63) is 0 Å². The quantitative estimate of drug-likeness (QED) is 0.628. The fourth-order valence-corrected chi connectivity index (χ4v) is 1.63. The lowest BCUT2D eigenvalue weighted by Gasteiger charge is -2.19. The van der Waals surface area contributed by atoms with Gasteiger partial charge in [0, 0.05) is 12.8 Å². The van der Waals surface area contributed by atoms with E-state index in [-0.39, 0.29) is 18.6 Å². The van der Waals surface area contributed by atoms with Crippen LogP contribution >= 0.6 is 0 Å². The highest BCUT2D eigenvalue weighted by Crippen LogP contribution is 2.20. The van der Waals surface area contributed by atoms with Crippen molar-refractivity contribution in [2.75, 3.05) is 0 Å². The van der Waals surface area contributed by atoms with Crippen LogP contribution in [-0.2, 0) is 9.59 Å². The number of carbonyl (C=O) groups is 2. The van der Waals surface area contributed by atoms with Gasteiger partial charge in [0.25, 0.3) is 0 Å². The summed E-state index contributed by atoms with van der Waals surface area (Å²) in [5.41, 5.74) is 0. The largest absolute Gasteiger partial charge is 0.481 e. The van der Waals surface area contributed by atoms with Crippen LogP contribution in [0.5, 0.6) is 0 Å². The van der Waals surface area contributed by atoms with Crippen LogP contribution in [-0.4, -0.2) is 28.1 Å². The highest BCUT2D eigenvalue weighted by atomic mass is 16.4. The minimum absolute atomic E-state index is 0.000648. The van der Waals surface area contributed by atoms with E-state index in [0.717, 1.165) is 0 Å². The normalized spacial score (nSPS) is 30.7. The minimum atomic E-state index is -0.977. The van der Waals surface area contributed by atoms with E-state index in [4.69, 9.17) is 5.11 Å². The first-order valence-electron chi connectivity index (χ1n) is 4.52. The van der Waals surface area contributed by atoms with Crippen molar-refractivity contribution in [2.24, 2.45) is 5.92 Å². The number of hydrogen-bond donors (Lipinski definition) is 2. The second-order valence-electron chi connectivity index (χ2n) is 3.56. The molecule has 4 heteroatoms. The van der Waals surface area contributed by atoms with Crippen molar-refractivity contribution >= 4 is 11.8 Å². The Balaban J connectivity index is 2.58. The summed E-state index contributed by atoms with van der Waals surface area (Å²) in [6.45, 7) is 0. The summed E-state index contributed by atoms with van der Waals surface area (Å²) in [4.78, 5) is 21.8. The predicted octanol–water partition coefficient (Wildman–Crippen LogP) is 0.581. The van der Waals surface area contributed by atoms with Gasteiger partial charge in [0.1, 0.15) is 5.78 Å². The van der Waals surface area contributed by atoms with Gasteiger partial charge in [-0.1, -0.05) is 0 Å². The Kier molecular flexibility index (Phi) is 3.42. The first kappa shape index (κ1) is 10.2. The van der Waals surface area contributed by atoms with E-state index in [1.54, 1.807) is 0 Å². The van der Waals surface area contributed by atoms with Crippen LogP contribution in [0.3, 0.4) is 0 Å². The van der Waals surface area contributed by atoms with Gasteiger partial charge < -0.3 is 10.2 Å². The summed E-state index contributed by atoms with van der Waals surface area (Å²) < 4.78 is 0. The molecule has 2 N–H and O–H groups in total. The fourth-order valence-electron chi connectivity index (χ4n) is 1.63. The van der Waals surface area contributed by atoms with Crippen molar-refractivity contribution in [1.29, 1.82) is 0 Å². The lowest BCUT2D eigenvalue weighted by molar-refractivity contribution is -0.145. The van der Waals surface area contributed by atoms with Gasteiger partial charge in [0.2, 0.25) is 0 Å². The Morgan fingerprint density at radius 1 is 1.46 bits per heavy atom. The van der Waals surface area contributed by atoms with Crippen LogP contribution in [0, 0.1) is 5.92 Å². The third-order valence-corrected chi connectivity index (χ3v) is 2.37. The number of carbonyl (C=O) groups excluding carboxylic acids is 1. The van der Waals surface area contributed by atoms with Gasteiger partial charge in [0.05, 0.1) is 12.0 Å². The maximum Gasteiger partial charge on any atom is 0.307 e. The van der Waals surface area contributed by atoms with Gasteiger partial charge in [-0.05, 0) is 19.3 Å². The van der Waals surface area contributed by atoms with Gasteiger partial charge in [-0.2, -0.15) is 0 Å². The van der Waals surface area contributed by atoms with E-state index in [9.17, 15) is 14.7 Å². The maximum absolute atomic E-state index is 11.1. The Bertz CT molecular complexity index is 212. The molecule has 1 rings (SSSR count). The van der Waals surface area contributed by atoms with Gasteiger partial charge in [-0.3, -0.25) is 9.59 Å². The van der Waals surface area contributed by atoms with Crippen molar-refractivity contribution in [2.45, 2.75) is 38.2 Å². The molecule has 74 valence electrons. The first-order chi connectivity index (χ1) is 6.09. The summed E-state index contributed by atoms with van der Waals surface area (Å²) >= 11 is 0. The molecule has 0 amide bonds. The molecule has 1 aliphatic rings. The Labute approximate surface area is 76.6 Å². The van der Waals surface area contributed by atoms with Gasteiger partial charge >= 0.3 is 5.97 Å². The van der Waals surface area contributed by atoms with E-state index < -0.39 is 18.0 Å². The molecule has 0 spiro atoms. The molecule has 2 atom stereocenters. The molecule has 0 heterocycles. The molecule has 4 nitrogen and oxygen atoms in total. The third kappa shape index (κ3) is 3.14. The molecule has 2 unspecified atom stereocenters. The molecular weight excluding hydrogens is 172 g/mol. The fraction of sp³-hybridized carbons (Fsp3) is 0.778. The summed E-state index contributed by atoms with van der Waals surface area (Å²) in [6.07, 6.45) is 1.34. The minimum Gasteiger partial charge on any atom is -0.481 e. The molecule has 1 aliphatic carbocycles. The van der Waals surface area contributed by atoms with Crippen LogP contribution < -0.4 is 0 Å². The van der Waals surface area contributed by atoms with Crippen molar-refractivity contribution in [1.82, 2.24) is 0 Å². The average Bonchev–Trinajstić information content (AvgIpc) is 1.99. The van der Waals surface area contributed by atoms with Crippen LogP contribution in [0.2, 0.25) is 0 Å². The topological polar surface area (TPSA) is 74.6 Å². The SMILES string of the molecule is O=C1CCCC(O)CC(C(=O)O)C1. The molecule has 0 aromatic rings. The second-order valence-corrected chi connectivity index (χ2v) is 3.56. The summed E-state index contributed by atoms with van der Waals surface area (Å²) in [6, 6.07) is 0. The molecule has 0 saturated heterocycles. The highest BCUT2D eigenvalue weighted by Gasteiger charge is 2.26. The second kappa shape index (κ2) is 4.37. The number of hydrogen-bond acceptors (Lipinski definition) is 3. The van der Waals surface area contributed by atoms with Gasteiger partial charge in [-0.25, -0.2) is 0 Å². The number of aliphatic carboxylic acids is 1. The van der Waals surface area contributed by atoms with Crippen molar-refractivity contribution < 1.29 is 19.8 Å². The smallest absolute Gasteiger partial charge is 0.307 e. The van der Waals surface area contributed by atoms with Crippen LogP contribution in [0.4, 0.5) is 0 Å². The van der Waals surface area contributed by atoms with E-state index in [1.807, 2.05) is 0 Å². The van der Waals surface area contributed by atoms with E-state index >= 15 is 0 Å². The van der Waals surface area contributed by atoms with E-state index in [1.165, 1.54) is 0 Å². The molecule has 0 aromatic carbocycles. The maximum atomic E-state index is 11.1. The lowest BCUT2D eigenvalue weighted by atomic mass is 9.89. The molecule has 1 fully saturated rings.